The zero-order chi connectivity index (χ0) is 44.8. The van der Waals surface area contributed by atoms with Crippen LogP contribution in [-0.4, -0.2) is 96.5 Å². The number of aliphatic carboxylic acids is 2. The first-order valence-corrected chi connectivity index (χ1v) is 21.7. The number of fused-ring (bicyclic) bond motifs is 5. The van der Waals surface area contributed by atoms with E-state index in [1.54, 1.807) is 58.6 Å². The molecule has 1 aromatic carbocycles. The molecule has 62 heavy (non-hydrogen) atoms. The smallest absolute Gasteiger partial charge is 0.415 e. The maximum atomic E-state index is 13.7. The molecule has 2 amide bonds. The third kappa shape index (κ3) is 9.15. The first-order chi connectivity index (χ1) is 29.7. The number of piperazine rings is 1. The molecule has 0 aliphatic carbocycles. The van der Waals surface area contributed by atoms with Crippen LogP contribution in [0.5, 0.6) is 5.75 Å². The number of aromatic nitrogens is 2. The summed E-state index contributed by atoms with van der Waals surface area (Å²) in [4.78, 5) is 96.2. The van der Waals surface area contributed by atoms with Crippen molar-refractivity contribution in [1.82, 2.24) is 19.4 Å². The van der Waals surface area contributed by atoms with E-state index in [0.717, 1.165) is 29.4 Å². The number of esters is 1. The Hall–Kier alpha value is -5.90. The molecule has 0 bridgehead atoms. The number of carboxylic acids is 2. The number of carbonyl (C=O) groups is 6. The summed E-state index contributed by atoms with van der Waals surface area (Å²) in [6, 6.07) is 6.90. The number of aliphatic hydroxyl groups is 1. The number of ether oxygens (including phenoxy) is 2. The topological polar surface area (TPSA) is 223 Å². The van der Waals surface area contributed by atoms with Crippen LogP contribution < -0.4 is 10.3 Å². The molecule has 1 atom stereocenters. The van der Waals surface area contributed by atoms with Gasteiger partial charge >= 0.3 is 24.0 Å². The summed E-state index contributed by atoms with van der Waals surface area (Å²) in [5.74, 6) is -3.13. The molecule has 3 aromatic rings. The third-order valence-corrected chi connectivity index (χ3v) is 12.6. The second kappa shape index (κ2) is 19.4. The summed E-state index contributed by atoms with van der Waals surface area (Å²) >= 11 is 0. The molecule has 0 spiro atoms. The maximum absolute atomic E-state index is 13.7. The Bertz CT molecular complexity index is 2330. The van der Waals surface area contributed by atoms with Crippen LogP contribution in [0.4, 0.5) is 4.79 Å². The Labute approximate surface area is 359 Å². The van der Waals surface area contributed by atoms with Crippen LogP contribution in [0.1, 0.15) is 120 Å². The average molecular weight is 857 g/mol. The highest BCUT2D eigenvalue weighted by Gasteiger charge is 2.46. The van der Waals surface area contributed by atoms with Gasteiger partial charge in [0.05, 0.1) is 29.0 Å². The molecule has 3 N–H and O–H groups in total. The number of ketones is 1. The second-order valence-electron chi connectivity index (χ2n) is 16.4. The summed E-state index contributed by atoms with van der Waals surface area (Å²) in [5, 5.41) is 31.0. The Morgan fingerprint density at radius 2 is 1.58 bits per heavy atom. The van der Waals surface area contributed by atoms with Crippen molar-refractivity contribution in [3.63, 3.8) is 0 Å². The van der Waals surface area contributed by atoms with Gasteiger partial charge in [-0.3, -0.25) is 24.0 Å². The van der Waals surface area contributed by atoms with E-state index < -0.39 is 35.0 Å². The Morgan fingerprint density at radius 3 is 2.24 bits per heavy atom. The highest BCUT2D eigenvalue weighted by Crippen LogP contribution is 2.41. The van der Waals surface area contributed by atoms with Gasteiger partial charge in [-0.25, -0.2) is 14.6 Å². The lowest BCUT2D eigenvalue weighted by molar-refractivity contribution is -0.172. The van der Waals surface area contributed by atoms with E-state index >= 15 is 0 Å². The Morgan fingerprint density at radius 1 is 0.887 bits per heavy atom. The number of hydrogen-bond donors (Lipinski definition) is 3. The molecular formula is C46H56N4O12. The number of pyridine rings is 2. The number of allylic oxidation sites excluding steroid dienone is 2. The largest absolute Gasteiger partial charge is 0.480 e. The first kappa shape index (κ1) is 45.6. The molecule has 1 saturated heterocycles. The van der Waals surface area contributed by atoms with Crippen LogP contribution in [0, 0.1) is 5.41 Å². The second-order valence-corrected chi connectivity index (χ2v) is 16.4. The fraction of sp³-hybridized carbons (Fsp3) is 0.522. The number of unbranched alkanes of at least 4 members (excludes halogenated alkanes) is 4. The van der Waals surface area contributed by atoms with Gasteiger partial charge in [0.15, 0.2) is 16.8 Å². The molecule has 6 rings (SSSR count). The molecule has 0 radical (unpaired) electrons. The van der Waals surface area contributed by atoms with E-state index in [9.17, 15) is 48.9 Å². The highest BCUT2D eigenvalue weighted by atomic mass is 16.6. The molecule has 0 unspecified atom stereocenters. The van der Waals surface area contributed by atoms with E-state index in [2.05, 4.69) is 0 Å². The number of carboxylic acid groups (broad SMARTS) is 2. The monoisotopic (exact) mass is 856 g/mol. The first-order valence-electron chi connectivity index (χ1n) is 21.7. The predicted molar refractivity (Wildman–Crippen MR) is 226 cm³/mol. The summed E-state index contributed by atoms with van der Waals surface area (Å²) in [5.41, 5.74) is 0.0110. The zero-order valence-corrected chi connectivity index (χ0v) is 35.7. The lowest BCUT2D eigenvalue weighted by Crippen LogP contribution is -2.51. The van der Waals surface area contributed by atoms with Gasteiger partial charge < -0.3 is 39.2 Å². The van der Waals surface area contributed by atoms with Gasteiger partial charge in [-0.15, -0.1) is 0 Å². The number of cyclic esters (lactones) is 1. The minimum Gasteiger partial charge on any atom is -0.480 e. The molecule has 2 aromatic heterocycles. The van der Waals surface area contributed by atoms with E-state index in [1.165, 1.54) is 6.08 Å². The van der Waals surface area contributed by atoms with Crippen LogP contribution in [0.15, 0.2) is 41.2 Å². The quantitative estimate of drug-likeness (QED) is 0.0435. The zero-order valence-electron chi connectivity index (χ0n) is 35.7. The molecule has 1 fully saturated rings. The van der Waals surface area contributed by atoms with Crippen molar-refractivity contribution in [2.45, 2.75) is 123 Å². The Kier molecular flexibility index (Phi) is 14.3. The van der Waals surface area contributed by atoms with Crippen LogP contribution in [0.3, 0.4) is 0 Å². The lowest BCUT2D eigenvalue weighted by atomic mass is 9.79. The Balaban J connectivity index is 0.940. The third-order valence-electron chi connectivity index (χ3n) is 12.6. The predicted octanol–water partition coefficient (Wildman–Crippen LogP) is 5.88. The van der Waals surface area contributed by atoms with Crippen LogP contribution >= 0.6 is 0 Å². The van der Waals surface area contributed by atoms with Crippen molar-refractivity contribution in [3.05, 3.63) is 69.0 Å². The number of aryl methyl sites for hydroxylation is 1. The molecule has 3 aliphatic rings. The van der Waals surface area contributed by atoms with Gasteiger partial charge in [0, 0.05) is 55.5 Å². The van der Waals surface area contributed by atoms with E-state index in [0.29, 0.717) is 100 Å². The number of benzene rings is 1. The summed E-state index contributed by atoms with van der Waals surface area (Å²) in [6.07, 6.45) is 8.20. The fourth-order valence-electron chi connectivity index (χ4n) is 8.89. The SMILES string of the molecule is CCCC(CCC/C=C/C(=O)CCCCCCC(=O)N1CCN(C(=O)Oc2ccc3nc4c(c(CC)c3c2)Cn2c-4cc3c(c2=O)COC(=O)[C@]3(O)CC)CC1)(C(=O)O)C(=O)O. The van der Waals surface area contributed by atoms with Crippen molar-refractivity contribution in [3.8, 4) is 17.1 Å². The summed E-state index contributed by atoms with van der Waals surface area (Å²) in [7, 11) is 0. The van der Waals surface area contributed by atoms with Crippen molar-refractivity contribution in [1.29, 1.82) is 0 Å². The van der Waals surface area contributed by atoms with Crippen molar-refractivity contribution >= 4 is 46.6 Å². The van der Waals surface area contributed by atoms with Gasteiger partial charge in [0.25, 0.3) is 5.56 Å². The molecule has 16 nitrogen and oxygen atoms in total. The molecule has 16 heteroatoms. The van der Waals surface area contributed by atoms with E-state index in [1.807, 2.05) is 6.92 Å². The van der Waals surface area contributed by atoms with Crippen LogP contribution in [-0.2, 0) is 53.9 Å². The summed E-state index contributed by atoms with van der Waals surface area (Å²) < 4.78 is 12.6. The minimum absolute atomic E-state index is 0.00137. The fourth-order valence-corrected chi connectivity index (χ4v) is 8.89. The van der Waals surface area contributed by atoms with Crippen molar-refractivity contribution < 1.29 is 53.6 Å². The highest BCUT2D eigenvalue weighted by molar-refractivity contribution is 5.98. The van der Waals surface area contributed by atoms with Crippen LogP contribution in [0.25, 0.3) is 22.3 Å². The normalized spacial score (nSPS) is 17.1. The number of amides is 2. The molecule has 5 heterocycles. The average Bonchev–Trinajstić information content (AvgIpc) is 3.63. The van der Waals surface area contributed by atoms with Gasteiger partial charge in [-0.1, -0.05) is 46.1 Å². The standard InChI is InChI=1S/C46H56N4O12/c1-4-19-45(41(54)55,42(56)57)20-13-9-11-15-29(51)14-10-7-8-12-16-38(52)48-21-23-49(24-22-48)44(59)62-30-17-18-36-32(25-30)31(5-2)33-27-50-37(39(33)47-36)26-35-34(40(50)53)28-61-43(58)46(35,60)6-3/h11,15,17-18,25-26,60H,4-10,12-14,16,19-24,27-28H2,1-3H3,(H,54,55)(H,56,57)/b15-11+/t46-/m0/s1. The molecule has 332 valence electrons. The van der Waals surface area contributed by atoms with Gasteiger partial charge in [-0.2, -0.15) is 0 Å². The molecule has 0 saturated carbocycles. The van der Waals surface area contributed by atoms with Gasteiger partial charge in [0.1, 0.15) is 12.4 Å². The number of hydrogen-bond acceptors (Lipinski definition) is 11. The van der Waals surface area contributed by atoms with E-state index in [4.69, 9.17) is 14.5 Å². The number of rotatable bonds is 19. The van der Waals surface area contributed by atoms with Crippen molar-refractivity contribution in [2.24, 2.45) is 5.41 Å². The molecule has 3 aliphatic heterocycles. The van der Waals surface area contributed by atoms with Crippen molar-refractivity contribution in [2.75, 3.05) is 26.2 Å². The lowest BCUT2D eigenvalue weighted by Gasteiger charge is -2.34. The summed E-state index contributed by atoms with van der Waals surface area (Å²) in [6.45, 7) is 6.87. The molecular weight excluding hydrogens is 801 g/mol. The maximum Gasteiger partial charge on any atom is 0.415 e. The number of carbonyl (C=O) groups excluding carboxylic acids is 4. The van der Waals surface area contributed by atoms with Gasteiger partial charge in [0.2, 0.25) is 5.91 Å². The number of nitrogens with zero attached hydrogens (tertiary/aromatic N) is 4. The van der Waals surface area contributed by atoms with Crippen LogP contribution in [0.2, 0.25) is 0 Å². The minimum atomic E-state index is -1.92. The van der Waals surface area contributed by atoms with Gasteiger partial charge in [-0.05, 0) is 87.3 Å². The van der Waals surface area contributed by atoms with E-state index in [-0.39, 0.29) is 60.8 Å².